The van der Waals surface area contributed by atoms with Crippen molar-refractivity contribution in [1.82, 2.24) is 5.32 Å². The van der Waals surface area contributed by atoms with Gasteiger partial charge in [-0.05, 0) is 66.7 Å². The molecule has 2 N–H and O–H groups in total. The van der Waals surface area contributed by atoms with Crippen molar-refractivity contribution in [2.24, 2.45) is 0 Å². The number of anilines is 1. The zero-order valence-corrected chi connectivity index (χ0v) is 21.1. The molecule has 0 atom stereocenters. The molecule has 3 aromatic rings. The first-order valence-electron chi connectivity index (χ1n) is 12.3. The normalized spacial score (nSPS) is 10.4. The van der Waals surface area contributed by atoms with E-state index in [0.717, 1.165) is 30.9 Å². The van der Waals surface area contributed by atoms with Gasteiger partial charge in [0.1, 0.15) is 11.5 Å². The maximum absolute atomic E-state index is 12.6. The molecule has 0 saturated heterocycles. The van der Waals surface area contributed by atoms with Gasteiger partial charge in [0, 0.05) is 17.7 Å². The molecule has 5 nitrogen and oxygen atoms in total. The quantitative estimate of drug-likeness (QED) is 0.204. The molecule has 0 aliphatic rings. The lowest BCUT2D eigenvalue weighted by molar-refractivity contribution is 0.0977. The third-order valence-corrected chi connectivity index (χ3v) is 5.66. The molecule has 3 rings (SSSR count). The second-order valence-electron chi connectivity index (χ2n) is 8.31. The Morgan fingerprint density at radius 3 is 2.31 bits per heavy atom. The van der Waals surface area contributed by atoms with Crippen molar-refractivity contribution in [3.63, 3.8) is 0 Å². The number of rotatable bonds is 13. The summed E-state index contributed by atoms with van der Waals surface area (Å²) in [6.45, 7) is 3.47. The standard InChI is InChI=1S/C29H34N2O3S/c1-2-3-4-5-9-20-33-26-17-15-25(16-18-26)30-29(35)31-28(32)24-13-10-14-27(22-24)34-21-19-23-11-7-6-8-12-23/h6-8,10-18,22H,2-5,9,19-21H2,1H3,(H2,30,31,32,35). The maximum Gasteiger partial charge on any atom is 0.257 e. The third kappa shape index (κ3) is 9.79. The number of nitrogens with one attached hydrogen (secondary N) is 2. The molecular weight excluding hydrogens is 456 g/mol. The molecule has 0 aliphatic heterocycles. The van der Waals surface area contributed by atoms with Gasteiger partial charge in [0.2, 0.25) is 0 Å². The van der Waals surface area contributed by atoms with Crippen LogP contribution < -0.4 is 20.1 Å². The van der Waals surface area contributed by atoms with Gasteiger partial charge in [-0.1, -0.05) is 69.0 Å². The second-order valence-corrected chi connectivity index (χ2v) is 8.72. The molecule has 0 aromatic heterocycles. The van der Waals surface area contributed by atoms with E-state index in [2.05, 4.69) is 29.7 Å². The van der Waals surface area contributed by atoms with Crippen LogP contribution in [0.1, 0.15) is 54.9 Å². The molecule has 0 radical (unpaired) electrons. The van der Waals surface area contributed by atoms with Crippen LogP contribution in [-0.2, 0) is 6.42 Å². The lowest BCUT2D eigenvalue weighted by Gasteiger charge is -2.12. The molecule has 3 aromatic carbocycles. The highest BCUT2D eigenvalue weighted by molar-refractivity contribution is 7.80. The largest absolute Gasteiger partial charge is 0.494 e. The molecular formula is C29H34N2O3S. The number of hydrogen-bond acceptors (Lipinski definition) is 4. The van der Waals surface area contributed by atoms with Crippen LogP contribution in [-0.4, -0.2) is 24.2 Å². The van der Waals surface area contributed by atoms with Gasteiger partial charge in [-0.15, -0.1) is 0 Å². The van der Waals surface area contributed by atoms with Gasteiger partial charge in [-0.2, -0.15) is 0 Å². The number of amides is 1. The van der Waals surface area contributed by atoms with Crippen molar-refractivity contribution in [2.45, 2.75) is 45.4 Å². The van der Waals surface area contributed by atoms with Crippen LogP contribution in [0.4, 0.5) is 5.69 Å². The molecule has 184 valence electrons. The van der Waals surface area contributed by atoms with E-state index >= 15 is 0 Å². The summed E-state index contributed by atoms with van der Waals surface area (Å²) >= 11 is 5.32. The summed E-state index contributed by atoms with van der Waals surface area (Å²) in [5, 5.41) is 5.99. The molecule has 0 saturated carbocycles. The van der Waals surface area contributed by atoms with E-state index in [1.54, 1.807) is 18.2 Å². The number of benzene rings is 3. The Kier molecular flexibility index (Phi) is 11.1. The lowest BCUT2D eigenvalue weighted by Crippen LogP contribution is -2.34. The van der Waals surface area contributed by atoms with E-state index < -0.39 is 0 Å². The van der Waals surface area contributed by atoms with Crippen molar-refractivity contribution >= 4 is 28.9 Å². The topological polar surface area (TPSA) is 59.6 Å². The predicted molar refractivity (Wildman–Crippen MR) is 146 cm³/mol. The minimum Gasteiger partial charge on any atom is -0.494 e. The van der Waals surface area contributed by atoms with Crippen molar-refractivity contribution in [1.29, 1.82) is 0 Å². The van der Waals surface area contributed by atoms with Gasteiger partial charge in [0.15, 0.2) is 5.11 Å². The Morgan fingerprint density at radius 2 is 1.54 bits per heavy atom. The molecule has 35 heavy (non-hydrogen) atoms. The number of unbranched alkanes of at least 4 members (excludes halogenated alkanes) is 4. The molecule has 0 fully saturated rings. The molecule has 0 aliphatic carbocycles. The number of thiocarbonyl (C=S) groups is 1. The van der Waals surface area contributed by atoms with Crippen LogP contribution in [0.2, 0.25) is 0 Å². The molecule has 0 bridgehead atoms. The van der Waals surface area contributed by atoms with Gasteiger partial charge in [-0.25, -0.2) is 0 Å². The first kappa shape index (κ1) is 26.2. The number of carbonyl (C=O) groups excluding carboxylic acids is 1. The highest BCUT2D eigenvalue weighted by Crippen LogP contribution is 2.17. The lowest BCUT2D eigenvalue weighted by atomic mass is 10.2. The predicted octanol–water partition coefficient (Wildman–Crippen LogP) is 6.78. The summed E-state index contributed by atoms with van der Waals surface area (Å²) in [4.78, 5) is 12.6. The van der Waals surface area contributed by atoms with Crippen LogP contribution >= 0.6 is 12.2 Å². The Hall–Kier alpha value is -3.38. The summed E-state index contributed by atoms with van der Waals surface area (Å²) in [7, 11) is 0. The molecule has 0 heterocycles. The zero-order chi connectivity index (χ0) is 24.7. The Bertz CT molecular complexity index is 1060. The van der Waals surface area contributed by atoms with Crippen LogP contribution in [0.15, 0.2) is 78.9 Å². The van der Waals surface area contributed by atoms with E-state index in [-0.39, 0.29) is 11.0 Å². The Labute approximate surface area is 213 Å². The molecule has 6 heteroatoms. The van der Waals surface area contributed by atoms with E-state index in [4.69, 9.17) is 21.7 Å². The fraction of sp³-hybridized carbons (Fsp3) is 0.310. The zero-order valence-electron chi connectivity index (χ0n) is 20.3. The minimum atomic E-state index is -0.293. The van der Waals surface area contributed by atoms with E-state index in [1.807, 2.05) is 48.5 Å². The fourth-order valence-electron chi connectivity index (χ4n) is 3.53. The van der Waals surface area contributed by atoms with Crippen molar-refractivity contribution in [3.05, 3.63) is 90.0 Å². The molecule has 0 spiro atoms. The fourth-order valence-corrected chi connectivity index (χ4v) is 3.74. The second kappa shape index (κ2) is 14.8. The first-order chi connectivity index (χ1) is 17.1. The van der Waals surface area contributed by atoms with Gasteiger partial charge >= 0.3 is 0 Å². The third-order valence-electron chi connectivity index (χ3n) is 5.45. The number of ether oxygens (including phenoxy) is 2. The van der Waals surface area contributed by atoms with Crippen LogP contribution in [0.25, 0.3) is 0 Å². The number of hydrogen-bond donors (Lipinski definition) is 2. The van der Waals surface area contributed by atoms with Crippen molar-refractivity contribution in [3.8, 4) is 11.5 Å². The highest BCUT2D eigenvalue weighted by Gasteiger charge is 2.09. The van der Waals surface area contributed by atoms with Crippen molar-refractivity contribution < 1.29 is 14.3 Å². The monoisotopic (exact) mass is 490 g/mol. The van der Waals surface area contributed by atoms with Crippen LogP contribution in [0, 0.1) is 0 Å². The van der Waals surface area contributed by atoms with E-state index in [0.29, 0.717) is 17.9 Å². The average Bonchev–Trinajstić information content (AvgIpc) is 2.88. The Balaban J connectivity index is 1.41. The SMILES string of the molecule is CCCCCCCOc1ccc(NC(=S)NC(=O)c2cccc(OCCc3ccccc3)c2)cc1. The number of carbonyl (C=O) groups is 1. The smallest absolute Gasteiger partial charge is 0.257 e. The molecule has 1 amide bonds. The van der Waals surface area contributed by atoms with Crippen molar-refractivity contribution in [2.75, 3.05) is 18.5 Å². The molecule has 0 unspecified atom stereocenters. The van der Waals surface area contributed by atoms with Gasteiger partial charge in [0.05, 0.1) is 13.2 Å². The Morgan fingerprint density at radius 1 is 0.800 bits per heavy atom. The van der Waals surface area contributed by atoms with Gasteiger partial charge < -0.3 is 14.8 Å². The van der Waals surface area contributed by atoms with Crippen LogP contribution in [0.5, 0.6) is 11.5 Å². The summed E-state index contributed by atoms with van der Waals surface area (Å²) in [6.07, 6.45) is 6.85. The summed E-state index contributed by atoms with van der Waals surface area (Å²) in [6, 6.07) is 24.8. The minimum absolute atomic E-state index is 0.231. The van der Waals surface area contributed by atoms with Gasteiger partial charge in [0.25, 0.3) is 5.91 Å². The summed E-state index contributed by atoms with van der Waals surface area (Å²) in [5.74, 6) is 1.18. The van der Waals surface area contributed by atoms with Crippen LogP contribution in [0.3, 0.4) is 0 Å². The summed E-state index contributed by atoms with van der Waals surface area (Å²) in [5.41, 5.74) is 2.47. The van der Waals surface area contributed by atoms with E-state index in [9.17, 15) is 4.79 Å². The maximum atomic E-state index is 12.6. The van der Waals surface area contributed by atoms with Gasteiger partial charge in [-0.3, -0.25) is 10.1 Å². The summed E-state index contributed by atoms with van der Waals surface area (Å²) < 4.78 is 11.6. The highest BCUT2D eigenvalue weighted by atomic mass is 32.1. The first-order valence-corrected chi connectivity index (χ1v) is 12.7. The van der Waals surface area contributed by atoms with E-state index in [1.165, 1.54) is 31.2 Å². The average molecular weight is 491 g/mol.